The number of rotatable bonds is 12. The third kappa shape index (κ3) is 14.3. The lowest BCUT2D eigenvalue weighted by atomic mass is 9.83. The Morgan fingerprint density at radius 2 is 0.278 bits per heavy atom. The summed E-state index contributed by atoms with van der Waals surface area (Å²) in [6, 6.07) is 185. The molecule has 24 aromatic rings. The molecule has 0 atom stereocenters. The van der Waals surface area contributed by atoms with Crippen molar-refractivity contribution in [1.82, 2.24) is 0 Å². The van der Waals surface area contributed by atoms with Crippen molar-refractivity contribution in [1.29, 1.82) is 0 Å². The van der Waals surface area contributed by atoms with E-state index in [0.717, 1.165) is 0 Å². The van der Waals surface area contributed by atoms with E-state index in [1.807, 2.05) is 0 Å². The third-order valence-electron chi connectivity index (χ3n) is 25.4. The van der Waals surface area contributed by atoms with Crippen LogP contribution in [0.5, 0.6) is 0 Å². The molecule has 0 unspecified atom stereocenters. The molecule has 0 saturated carbocycles. The Morgan fingerprint density at radius 3 is 0.635 bits per heavy atom. The summed E-state index contributed by atoms with van der Waals surface area (Å²) in [7, 11) is 0. The zero-order valence-electron chi connectivity index (χ0n) is 69.5. The van der Waals surface area contributed by atoms with Crippen molar-refractivity contribution in [3.8, 4) is 134 Å². The van der Waals surface area contributed by atoms with Gasteiger partial charge in [0.25, 0.3) is 0 Å². The molecule has 0 spiro atoms. The Bertz CT molecular complexity index is 8160. The molecule has 126 heavy (non-hydrogen) atoms. The van der Waals surface area contributed by atoms with Crippen molar-refractivity contribution in [3.05, 3.63) is 510 Å². The summed E-state index contributed by atoms with van der Waals surface area (Å²) in [4.78, 5) is 0. The van der Waals surface area contributed by atoms with E-state index in [9.17, 15) is 0 Å². The van der Waals surface area contributed by atoms with Crippen LogP contribution in [0.3, 0.4) is 0 Å². The van der Waals surface area contributed by atoms with Crippen molar-refractivity contribution in [2.45, 2.75) is 0 Å². The molecule has 0 heterocycles. The van der Waals surface area contributed by atoms with E-state index >= 15 is 0 Å². The van der Waals surface area contributed by atoms with Gasteiger partial charge in [0.05, 0.1) is 0 Å². The minimum atomic E-state index is 1.22. The summed E-state index contributed by atoms with van der Waals surface area (Å²) in [5.41, 5.74) is 30.0. The summed E-state index contributed by atoms with van der Waals surface area (Å²) in [6.45, 7) is 0. The van der Waals surface area contributed by atoms with Crippen LogP contribution < -0.4 is 0 Å². The van der Waals surface area contributed by atoms with Gasteiger partial charge in [0.15, 0.2) is 0 Å². The Labute approximate surface area is 734 Å². The van der Waals surface area contributed by atoms with E-state index in [4.69, 9.17) is 0 Å². The van der Waals surface area contributed by atoms with E-state index in [1.165, 1.54) is 230 Å². The van der Waals surface area contributed by atoms with Gasteiger partial charge in [0, 0.05) is 0 Å². The Hall–Kier alpha value is -16.4. The van der Waals surface area contributed by atoms with Crippen molar-refractivity contribution in [2.75, 3.05) is 0 Å². The smallest absolute Gasteiger partial charge is 0.00199 e. The maximum atomic E-state index is 2.41. The molecule has 0 N–H and O–H groups in total. The highest BCUT2D eigenvalue weighted by atomic mass is 14.3. The van der Waals surface area contributed by atoms with Crippen molar-refractivity contribution in [2.24, 2.45) is 0 Å². The Balaban J connectivity index is 0.000000112. The molecule has 0 aliphatic heterocycles. The summed E-state index contributed by atoms with van der Waals surface area (Å²) >= 11 is 0. The predicted octanol–water partition coefficient (Wildman–Crippen LogP) is 35.4. The van der Waals surface area contributed by atoms with E-state index < -0.39 is 0 Å². The molecule has 0 radical (unpaired) electrons. The molecule has 0 nitrogen and oxygen atoms in total. The summed E-state index contributed by atoms with van der Waals surface area (Å²) in [5.74, 6) is 0. The monoisotopic (exact) mass is 1600 g/mol. The maximum absolute atomic E-state index is 2.41. The summed E-state index contributed by atoms with van der Waals surface area (Å²) < 4.78 is 0. The first-order valence-electron chi connectivity index (χ1n) is 43.6. The fraction of sp³-hybridized carbons (Fsp3) is 0. The number of hydrogen-bond donors (Lipinski definition) is 0. The lowest BCUT2D eigenvalue weighted by Gasteiger charge is -2.20. The second kappa shape index (κ2) is 33.6. The third-order valence-corrected chi connectivity index (χ3v) is 25.4. The van der Waals surface area contributed by atoms with Gasteiger partial charge in [-0.3, -0.25) is 0 Å². The second-order valence-corrected chi connectivity index (χ2v) is 32.7. The number of fused-ring (bicyclic) bond motifs is 9. The van der Waals surface area contributed by atoms with E-state index in [1.54, 1.807) is 0 Å². The maximum Gasteiger partial charge on any atom is -0.00199 e. The first-order chi connectivity index (χ1) is 62.5. The second-order valence-electron chi connectivity index (χ2n) is 32.7. The van der Waals surface area contributed by atoms with Crippen molar-refractivity contribution in [3.63, 3.8) is 0 Å². The topological polar surface area (TPSA) is 0 Å². The van der Waals surface area contributed by atoms with E-state index in [2.05, 4.69) is 510 Å². The fourth-order valence-electron chi connectivity index (χ4n) is 19.5. The lowest BCUT2D eigenvalue weighted by molar-refractivity contribution is 1.61. The van der Waals surface area contributed by atoms with Crippen LogP contribution in [0.15, 0.2) is 510 Å². The van der Waals surface area contributed by atoms with Gasteiger partial charge in [-0.1, -0.05) is 485 Å². The van der Waals surface area contributed by atoms with Gasteiger partial charge in [-0.25, -0.2) is 0 Å². The van der Waals surface area contributed by atoms with Gasteiger partial charge in [0.2, 0.25) is 0 Å². The zero-order chi connectivity index (χ0) is 83.6. The van der Waals surface area contributed by atoms with Gasteiger partial charge in [-0.15, -0.1) is 0 Å². The normalized spacial score (nSPS) is 11.3. The molecule has 24 aromatic carbocycles. The molecule has 24 rings (SSSR count). The van der Waals surface area contributed by atoms with Crippen LogP contribution in [0.4, 0.5) is 0 Å². The minimum Gasteiger partial charge on any atom is -0.0622 e. The molecule has 0 heteroatoms. The molecular formula is C126H84. The summed E-state index contributed by atoms with van der Waals surface area (Å²) in [6.07, 6.45) is 0. The van der Waals surface area contributed by atoms with Gasteiger partial charge in [0.1, 0.15) is 0 Å². The quantitative estimate of drug-likeness (QED) is 0.107. The fourth-order valence-corrected chi connectivity index (χ4v) is 19.5. The molecule has 0 aliphatic rings. The average Bonchev–Trinajstić information content (AvgIpc) is 0.732. The van der Waals surface area contributed by atoms with Crippen LogP contribution in [0.25, 0.3) is 230 Å². The van der Waals surface area contributed by atoms with Crippen LogP contribution in [-0.4, -0.2) is 0 Å². The number of benzene rings is 24. The van der Waals surface area contributed by atoms with Crippen LogP contribution in [-0.2, 0) is 0 Å². The molecule has 588 valence electrons. The van der Waals surface area contributed by atoms with Crippen LogP contribution in [0.1, 0.15) is 0 Å². The van der Waals surface area contributed by atoms with Crippen LogP contribution in [0, 0.1) is 0 Å². The molecule has 0 saturated heterocycles. The molecular weight excluding hydrogens is 1510 g/mol. The van der Waals surface area contributed by atoms with Gasteiger partial charge in [-0.2, -0.15) is 0 Å². The first-order valence-corrected chi connectivity index (χ1v) is 43.6. The SMILES string of the molecule is c1ccc(-c2ccc(-c3c4ccccc4c(-c4cccc5ccccc45)c4cc(-c5ccccc5)ccc34)cc2)cc1.c1ccc(-c2ccc(-c3c4ccccc4c(-c4ccccc4)c4cc(-c5ccccc5)ccc34)cc2)cc1.c1ccc(-c2ccc3c(-c4ccc5cccc(-c6ccccc6)c5c4)c4ccccc4c(-c4cccc5ccccc45)c3c2)cc1. The molecule has 0 amide bonds. The van der Waals surface area contributed by atoms with E-state index in [0.29, 0.717) is 0 Å². The summed E-state index contributed by atoms with van der Waals surface area (Å²) in [5, 5.41) is 22.8. The standard InChI is InChI=1S/C46H30.C42H28.C38H26/c1-3-13-31(14-4-1)35-27-28-42-44(29-35)46(39-24-12-18-33-17-7-8-20-37(33)39)41-22-10-9-21-40(41)45(42)36-26-25-34-19-11-23-38(43(34)30-36)32-15-5-2-6-16-32;1-3-12-29(13-4-1)31-22-24-33(25-23-31)41-37-19-9-10-20-38(37)42(36-21-11-17-32-16-7-8-18-35(32)36)40-28-34(26-27-39(40)41)30-14-5-2-6-15-30;1-4-12-27(13-5-1)29-20-22-31(23-21-29)37-33-18-10-11-19-34(33)38(30-16-8-3-9-17-30)36-26-32(24-25-35(36)37)28-14-6-2-7-15-28/h1-30H;1-28H;1-26H. The van der Waals surface area contributed by atoms with Crippen LogP contribution in [0.2, 0.25) is 0 Å². The van der Waals surface area contributed by atoms with E-state index in [-0.39, 0.29) is 0 Å². The molecule has 0 aliphatic carbocycles. The van der Waals surface area contributed by atoms with Crippen LogP contribution >= 0.6 is 0 Å². The molecule has 0 aromatic heterocycles. The molecule has 0 bridgehead atoms. The Kier molecular flexibility index (Phi) is 20.2. The van der Waals surface area contributed by atoms with Gasteiger partial charge in [-0.05, 0) is 255 Å². The minimum absolute atomic E-state index is 1.22. The highest BCUT2D eigenvalue weighted by Gasteiger charge is 2.24. The predicted molar refractivity (Wildman–Crippen MR) is 542 cm³/mol. The zero-order valence-corrected chi connectivity index (χ0v) is 69.5. The van der Waals surface area contributed by atoms with Gasteiger partial charge < -0.3 is 0 Å². The van der Waals surface area contributed by atoms with Crippen molar-refractivity contribution >= 4 is 97.0 Å². The van der Waals surface area contributed by atoms with Crippen molar-refractivity contribution < 1.29 is 0 Å². The Morgan fingerprint density at radius 1 is 0.0794 bits per heavy atom. The highest BCUT2D eigenvalue weighted by Crippen LogP contribution is 2.51. The number of hydrogen-bond acceptors (Lipinski definition) is 0. The van der Waals surface area contributed by atoms with Gasteiger partial charge >= 0.3 is 0 Å². The average molecular weight is 1600 g/mol. The largest absolute Gasteiger partial charge is 0.0622 e. The highest BCUT2D eigenvalue weighted by molar-refractivity contribution is 6.27. The first kappa shape index (κ1) is 75.8. The molecule has 0 fully saturated rings. The lowest BCUT2D eigenvalue weighted by Crippen LogP contribution is -1.93.